The van der Waals surface area contributed by atoms with Crippen LogP contribution in [0.3, 0.4) is 0 Å². The van der Waals surface area contributed by atoms with E-state index in [1.807, 2.05) is 0 Å². The molecule has 2 atom stereocenters. The molecule has 0 unspecified atom stereocenters. The first-order valence-corrected chi connectivity index (χ1v) is 9.29. The fraction of sp³-hybridized carbons (Fsp3) is 0.333. The number of rotatable bonds is 6. The molecular formula is C21H23FN2O6. The topological polar surface area (TPSA) is 111 Å². The molecule has 1 heterocycles. The second-order valence-corrected chi connectivity index (χ2v) is 6.82. The van der Waals surface area contributed by atoms with Gasteiger partial charge in [0.05, 0.1) is 20.3 Å². The van der Waals surface area contributed by atoms with Crippen LogP contribution >= 0.6 is 0 Å². The van der Waals surface area contributed by atoms with Gasteiger partial charge >= 0.3 is 5.97 Å². The normalized spacial score (nSPS) is 18.2. The van der Waals surface area contributed by atoms with E-state index >= 15 is 0 Å². The number of nitrogens with zero attached hydrogens (tertiary/aromatic N) is 1. The highest BCUT2D eigenvalue weighted by Gasteiger charge is 2.40. The molecule has 9 heteroatoms. The van der Waals surface area contributed by atoms with Gasteiger partial charge in [0.1, 0.15) is 6.04 Å². The molecular weight excluding hydrogens is 395 g/mol. The molecule has 1 fully saturated rings. The highest BCUT2D eigenvalue weighted by atomic mass is 19.1. The van der Waals surface area contributed by atoms with E-state index in [2.05, 4.69) is 0 Å². The van der Waals surface area contributed by atoms with Crippen molar-refractivity contribution in [3.05, 3.63) is 53.3 Å². The first-order chi connectivity index (χ1) is 14.4. The molecule has 1 aliphatic heterocycles. The Morgan fingerprint density at radius 3 is 2.53 bits per heavy atom. The van der Waals surface area contributed by atoms with E-state index in [1.54, 1.807) is 6.07 Å². The molecule has 160 valence electrons. The van der Waals surface area contributed by atoms with Crippen molar-refractivity contribution in [3.63, 3.8) is 0 Å². The van der Waals surface area contributed by atoms with Gasteiger partial charge in [-0.25, -0.2) is 9.18 Å². The van der Waals surface area contributed by atoms with Crippen molar-refractivity contribution < 1.29 is 33.3 Å². The number of methoxy groups -OCH3 is 2. The Bertz CT molecular complexity index is 951. The zero-order valence-corrected chi connectivity index (χ0v) is 16.6. The van der Waals surface area contributed by atoms with E-state index in [-0.39, 0.29) is 36.6 Å². The Labute approximate surface area is 172 Å². The number of esters is 1. The third-order valence-electron chi connectivity index (χ3n) is 4.88. The number of hydrogen-bond donors (Lipinski definition) is 2. The van der Waals surface area contributed by atoms with Gasteiger partial charge in [-0.1, -0.05) is 6.07 Å². The van der Waals surface area contributed by atoms with Gasteiger partial charge in [0.15, 0.2) is 23.1 Å². The van der Waals surface area contributed by atoms with Crippen molar-refractivity contribution in [2.24, 2.45) is 5.73 Å². The number of aliphatic hydroxyl groups excluding tert-OH is 1. The van der Waals surface area contributed by atoms with Crippen LogP contribution in [0.2, 0.25) is 0 Å². The van der Waals surface area contributed by atoms with Gasteiger partial charge in [-0.2, -0.15) is 0 Å². The zero-order chi connectivity index (χ0) is 21.8. The van der Waals surface area contributed by atoms with Crippen molar-refractivity contribution in [1.82, 2.24) is 4.90 Å². The highest BCUT2D eigenvalue weighted by molar-refractivity contribution is 5.97. The van der Waals surface area contributed by atoms with Crippen LogP contribution in [0.5, 0.6) is 17.2 Å². The standard InChI is InChI=1S/C21H23FN2O6/c1-28-18-6-4-13(20(26)24-11-14(25)9-16(24)21(27)29-2)8-19(18)30-17-5-3-12(10-23)7-15(17)22/h3-8,14,16,25H,9-11,23H2,1-2H3/t14-,16+/m1/s1. The van der Waals surface area contributed by atoms with E-state index < -0.39 is 29.8 Å². The second kappa shape index (κ2) is 9.10. The van der Waals surface area contributed by atoms with Gasteiger partial charge in [0.2, 0.25) is 0 Å². The Hall–Kier alpha value is -3.17. The SMILES string of the molecule is COC(=O)[C@@H]1C[C@@H](O)CN1C(=O)c1ccc(OC)c(Oc2ccc(CN)cc2F)c1. The number of ether oxygens (including phenoxy) is 3. The van der Waals surface area contributed by atoms with E-state index in [0.29, 0.717) is 11.3 Å². The van der Waals surface area contributed by atoms with Crippen LogP contribution in [-0.4, -0.2) is 54.8 Å². The summed E-state index contributed by atoms with van der Waals surface area (Å²) in [6, 6.07) is 7.86. The number of nitrogens with two attached hydrogens (primary N) is 1. The smallest absolute Gasteiger partial charge is 0.328 e. The molecule has 1 saturated heterocycles. The average molecular weight is 418 g/mol. The quantitative estimate of drug-likeness (QED) is 0.689. The fourth-order valence-electron chi connectivity index (χ4n) is 3.33. The monoisotopic (exact) mass is 418 g/mol. The van der Waals surface area contributed by atoms with Crippen LogP contribution in [0, 0.1) is 5.82 Å². The first-order valence-electron chi connectivity index (χ1n) is 9.29. The summed E-state index contributed by atoms with van der Waals surface area (Å²) < 4.78 is 29.9. The summed E-state index contributed by atoms with van der Waals surface area (Å²) in [6.07, 6.45) is -0.737. The van der Waals surface area contributed by atoms with Crippen molar-refractivity contribution in [2.75, 3.05) is 20.8 Å². The molecule has 3 rings (SSSR count). The summed E-state index contributed by atoms with van der Waals surface area (Å²) in [4.78, 5) is 26.2. The minimum absolute atomic E-state index is 0.00397. The molecule has 2 aromatic carbocycles. The van der Waals surface area contributed by atoms with Crippen LogP contribution in [-0.2, 0) is 16.1 Å². The maximum absolute atomic E-state index is 14.3. The van der Waals surface area contributed by atoms with Gasteiger partial charge < -0.3 is 30.0 Å². The summed E-state index contributed by atoms with van der Waals surface area (Å²) in [5.41, 5.74) is 6.31. The third-order valence-corrected chi connectivity index (χ3v) is 4.88. The lowest BCUT2D eigenvalue weighted by atomic mass is 10.1. The third kappa shape index (κ3) is 4.37. The Balaban J connectivity index is 1.90. The Morgan fingerprint density at radius 1 is 1.17 bits per heavy atom. The lowest BCUT2D eigenvalue weighted by molar-refractivity contribution is -0.145. The van der Waals surface area contributed by atoms with Crippen LogP contribution in [0.1, 0.15) is 22.3 Å². The minimum atomic E-state index is -0.884. The van der Waals surface area contributed by atoms with Crippen LogP contribution in [0.15, 0.2) is 36.4 Å². The van der Waals surface area contributed by atoms with Gasteiger partial charge in [-0.05, 0) is 35.9 Å². The molecule has 3 N–H and O–H groups in total. The second-order valence-electron chi connectivity index (χ2n) is 6.82. The molecule has 0 spiro atoms. The number of carbonyl (C=O) groups excluding carboxylic acids is 2. The zero-order valence-electron chi connectivity index (χ0n) is 16.6. The summed E-state index contributed by atoms with van der Waals surface area (Å²) in [7, 11) is 2.64. The van der Waals surface area contributed by atoms with E-state index in [0.717, 1.165) is 0 Å². The van der Waals surface area contributed by atoms with Crippen molar-refractivity contribution in [1.29, 1.82) is 0 Å². The molecule has 1 amide bonds. The number of hydrogen-bond acceptors (Lipinski definition) is 7. The predicted octanol–water partition coefficient (Wildman–Crippen LogP) is 1.83. The molecule has 0 aromatic heterocycles. The largest absolute Gasteiger partial charge is 0.493 e. The maximum Gasteiger partial charge on any atom is 0.328 e. The number of β-amino-alcohol motifs (C(OH)–C–C–N with tert-alkyl or cyclic N) is 1. The number of carbonyl (C=O) groups is 2. The van der Waals surface area contributed by atoms with Gasteiger partial charge in [0.25, 0.3) is 5.91 Å². The lowest BCUT2D eigenvalue weighted by Crippen LogP contribution is -2.41. The fourth-order valence-corrected chi connectivity index (χ4v) is 3.33. The average Bonchev–Trinajstić information content (AvgIpc) is 3.15. The maximum atomic E-state index is 14.3. The van der Waals surface area contributed by atoms with E-state index in [4.69, 9.17) is 19.9 Å². The van der Waals surface area contributed by atoms with Gasteiger partial charge in [-0.15, -0.1) is 0 Å². The molecule has 0 bridgehead atoms. The summed E-state index contributed by atoms with van der Waals surface area (Å²) in [6.45, 7) is 0.184. The molecule has 0 radical (unpaired) electrons. The van der Waals surface area contributed by atoms with Gasteiger partial charge in [0, 0.05) is 25.1 Å². The molecule has 1 aliphatic rings. The van der Waals surface area contributed by atoms with E-state index in [1.165, 1.54) is 49.5 Å². The van der Waals surface area contributed by atoms with Gasteiger partial charge in [-0.3, -0.25) is 4.79 Å². The summed E-state index contributed by atoms with van der Waals surface area (Å²) >= 11 is 0. The number of benzene rings is 2. The van der Waals surface area contributed by atoms with Crippen molar-refractivity contribution in [2.45, 2.75) is 25.1 Å². The number of halogens is 1. The Kier molecular flexibility index (Phi) is 6.53. The highest BCUT2D eigenvalue weighted by Crippen LogP contribution is 2.34. The molecule has 0 aliphatic carbocycles. The predicted molar refractivity (Wildman–Crippen MR) is 105 cm³/mol. The summed E-state index contributed by atoms with van der Waals surface area (Å²) in [5.74, 6) is -1.35. The summed E-state index contributed by atoms with van der Waals surface area (Å²) in [5, 5.41) is 9.92. The van der Waals surface area contributed by atoms with Crippen LogP contribution in [0.25, 0.3) is 0 Å². The lowest BCUT2D eigenvalue weighted by Gasteiger charge is -2.23. The minimum Gasteiger partial charge on any atom is -0.493 e. The molecule has 2 aromatic rings. The number of aliphatic hydroxyl groups is 1. The molecule has 8 nitrogen and oxygen atoms in total. The van der Waals surface area contributed by atoms with E-state index in [9.17, 15) is 19.1 Å². The first kappa shape index (κ1) is 21.5. The van der Waals surface area contributed by atoms with Crippen molar-refractivity contribution >= 4 is 11.9 Å². The number of amides is 1. The van der Waals surface area contributed by atoms with Crippen LogP contribution < -0.4 is 15.2 Å². The Morgan fingerprint density at radius 2 is 1.90 bits per heavy atom. The van der Waals surface area contributed by atoms with Crippen molar-refractivity contribution in [3.8, 4) is 17.2 Å². The molecule has 30 heavy (non-hydrogen) atoms. The molecule has 0 saturated carbocycles. The van der Waals surface area contributed by atoms with Crippen LogP contribution in [0.4, 0.5) is 4.39 Å². The number of likely N-dealkylation sites (tertiary alicyclic amines) is 1.